The molecule has 3 rings (SSSR count). The molecule has 7 nitrogen and oxygen atoms in total. The molecule has 0 spiro atoms. The molecule has 33 heavy (non-hydrogen) atoms. The number of halogens is 1. The first-order valence-electron chi connectivity index (χ1n) is 11.3. The van der Waals surface area contributed by atoms with E-state index in [1.54, 1.807) is 24.3 Å². The van der Waals surface area contributed by atoms with Crippen LogP contribution in [0.5, 0.6) is 0 Å². The van der Waals surface area contributed by atoms with Gasteiger partial charge in [-0.25, -0.2) is 9.18 Å². The Bertz CT molecular complexity index is 972. The van der Waals surface area contributed by atoms with Crippen LogP contribution in [0.1, 0.15) is 37.3 Å². The minimum Gasteiger partial charge on any atom is -0.370 e. The molecule has 3 amide bonds. The average molecular weight is 452 g/mol. The van der Waals surface area contributed by atoms with Crippen molar-refractivity contribution in [2.24, 2.45) is 0 Å². The standard InChI is InChI=1S/C25H30FN5O2/c1-2-4-23(29-25(33)28-18-20-5-9-21(26)10-6-20)24(32)31-14-3-13-30(15-16-31)22-11-7-19(17-27)8-12-22/h5-12,23H,2-4,13-16,18H2,1H3,(H2,28,29,33). The zero-order chi connectivity index (χ0) is 23.6. The van der Waals surface area contributed by atoms with Gasteiger partial charge in [-0.2, -0.15) is 5.26 Å². The van der Waals surface area contributed by atoms with Crippen LogP contribution in [0.15, 0.2) is 48.5 Å². The summed E-state index contributed by atoms with van der Waals surface area (Å²) in [4.78, 5) is 29.7. The fourth-order valence-electron chi connectivity index (χ4n) is 3.90. The van der Waals surface area contributed by atoms with E-state index in [0.29, 0.717) is 31.6 Å². The maximum absolute atomic E-state index is 13.2. The molecule has 1 unspecified atom stereocenters. The number of rotatable bonds is 7. The van der Waals surface area contributed by atoms with E-state index in [4.69, 9.17) is 5.26 Å². The van der Waals surface area contributed by atoms with Gasteiger partial charge in [0.15, 0.2) is 0 Å². The first-order chi connectivity index (χ1) is 16.0. The SMILES string of the molecule is CCCC(NC(=O)NCc1ccc(F)cc1)C(=O)N1CCCN(c2ccc(C#N)cc2)CC1. The van der Waals surface area contributed by atoms with Crippen molar-refractivity contribution in [3.63, 3.8) is 0 Å². The lowest BCUT2D eigenvalue weighted by Crippen LogP contribution is -2.51. The van der Waals surface area contributed by atoms with E-state index in [2.05, 4.69) is 21.6 Å². The summed E-state index contributed by atoms with van der Waals surface area (Å²) in [5.74, 6) is -0.400. The maximum Gasteiger partial charge on any atom is 0.315 e. The van der Waals surface area contributed by atoms with Gasteiger partial charge in [0.1, 0.15) is 11.9 Å². The normalized spacial score (nSPS) is 14.7. The minimum absolute atomic E-state index is 0.0736. The van der Waals surface area contributed by atoms with Crippen LogP contribution >= 0.6 is 0 Å². The highest BCUT2D eigenvalue weighted by molar-refractivity contribution is 5.87. The summed E-state index contributed by atoms with van der Waals surface area (Å²) in [6, 6.07) is 14.5. The molecule has 0 saturated carbocycles. The first-order valence-corrected chi connectivity index (χ1v) is 11.3. The van der Waals surface area contributed by atoms with Gasteiger partial charge in [-0.3, -0.25) is 4.79 Å². The molecule has 1 atom stereocenters. The van der Waals surface area contributed by atoms with Crippen LogP contribution in [0.4, 0.5) is 14.9 Å². The molecule has 174 valence electrons. The van der Waals surface area contributed by atoms with Crippen LogP contribution in [0.25, 0.3) is 0 Å². The lowest BCUT2D eigenvalue weighted by molar-refractivity contribution is -0.133. The molecule has 2 N–H and O–H groups in total. The minimum atomic E-state index is -0.593. The average Bonchev–Trinajstić information content (AvgIpc) is 3.09. The lowest BCUT2D eigenvalue weighted by Gasteiger charge is -2.27. The van der Waals surface area contributed by atoms with Gasteiger partial charge in [0, 0.05) is 38.4 Å². The van der Waals surface area contributed by atoms with E-state index in [1.807, 2.05) is 24.0 Å². The summed E-state index contributed by atoms with van der Waals surface area (Å²) in [6.07, 6.45) is 2.14. The van der Waals surface area contributed by atoms with Crippen LogP contribution in [0.2, 0.25) is 0 Å². The van der Waals surface area contributed by atoms with E-state index in [0.717, 1.165) is 30.6 Å². The smallest absolute Gasteiger partial charge is 0.315 e. The Hall–Kier alpha value is -3.60. The van der Waals surface area contributed by atoms with Crippen molar-refractivity contribution in [3.8, 4) is 6.07 Å². The number of anilines is 1. The quantitative estimate of drug-likeness (QED) is 0.675. The Labute approximate surface area is 194 Å². The van der Waals surface area contributed by atoms with Gasteiger partial charge in [-0.15, -0.1) is 0 Å². The third-order valence-electron chi connectivity index (χ3n) is 5.72. The highest BCUT2D eigenvalue weighted by Gasteiger charge is 2.27. The fraction of sp³-hybridized carbons (Fsp3) is 0.400. The molecule has 1 aliphatic heterocycles. The Morgan fingerprint density at radius 1 is 1.06 bits per heavy atom. The van der Waals surface area contributed by atoms with Crippen molar-refractivity contribution in [1.29, 1.82) is 5.26 Å². The fourth-order valence-corrected chi connectivity index (χ4v) is 3.90. The number of hydrogen-bond acceptors (Lipinski definition) is 4. The zero-order valence-corrected chi connectivity index (χ0v) is 18.9. The molecule has 0 aliphatic carbocycles. The number of hydrogen-bond donors (Lipinski definition) is 2. The van der Waals surface area contributed by atoms with Crippen molar-refractivity contribution < 1.29 is 14.0 Å². The molecule has 1 saturated heterocycles. The number of amides is 3. The highest BCUT2D eigenvalue weighted by atomic mass is 19.1. The number of nitrogens with one attached hydrogen (secondary N) is 2. The predicted octanol–water partition coefficient (Wildman–Crippen LogP) is 3.40. The monoisotopic (exact) mass is 451 g/mol. The Morgan fingerprint density at radius 3 is 2.45 bits per heavy atom. The van der Waals surface area contributed by atoms with Gasteiger partial charge in [-0.05, 0) is 54.8 Å². The molecule has 1 fully saturated rings. The first kappa shape index (κ1) is 24.1. The largest absolute Gasteiger partial charge is 0.370 e. The summed E-state index contributed by atoms with van der Waals surface area (Å²) in [5.41, 5.74) is 2.43. The Balaban J connectivity index is 1.55. The van der Waals surface area contributed by atoms with Gasteiger partial charge in [-0.1, -0.05) is 25.5 Å². The van der Waals surface area contributed by atoms with Crippen LogP contribution in [-0.2, 0) is 11.3 Å². The summed E-state index contributed by atoms with van der Waals surface area (Å²) >= 11 is 0. The maximum atomic E-state index is 13.2. The molecule has 0 radical (unpaired) electrons. The Kier molecular flexibility index (Phi) is 8.64. The molecule has 8 heteroatoms. The summed E-state index contributed by atoms with van der Waals surface area (Å²) < 4.78 is 13.0. The zero-order valence-electron chi connectivity index (χ0n) is 18.9. The molecular formula is C25H30FN5O2. The molecule has 0 aromatic heterocycles. The van der Waals surface area contributed by atoms with E-state index < -0.39 is 12.1 Å². The molecule has 2 aromatic carbocycles. The lowest BCUT2D eigenvalue weighted by atomic mass is 10.1. The second-order valence-corrected chi connectivity index (χ2v) is 8.12. The predicted molar refractivity (Wildman–Crippen MR) is 125 cm³/mol. The molecule has 2 aromatic rings. The number of benzene rings is 2. The molecule has 1 heterocycles. The summed E-state index contributed by atoms with van der Waals surface area (Å²) in [7, 11) is 0. The third-order valence-corrected chi connectivity index (χ3v) is 5.72. The molecule has 1 aliphatic rings. The van der Waals surface area contributed by atoms with Gasteiger partial charge in [0.2, 0.25) is 5.91 Å². The number of carbonyl (C=O) groups is 2. The van der Waals surface area contributed by atoms with Crippen LogP contribution < -0.4 is 15.5 Å². The van der Waals surface area contributed by atoms with Crippen LogP contribution in [-0.4, -0.2) is 49.1 Å². The van der Waals surface area contributed by atoms with Crippen molar-refractivity contribution in [3.05, 3.63) is 65.5 Å². The summed E-state index contributed by atoms with van der Waals surface area (Å²) in [5, 5.41) is 14.5. The second kappa shape index (κ2) is 11.9. The number of urea groups is 1. The van der Waals surface area contributed by atoms with Crippen LogP contribution in [0, 0.1) is 17.1 Å². The number of carbonyl (C=O) groups excluding carboxylic acids is 2. The molecule has 0 bridgehead atoms. The number of nitrogens with zero attached hydrogens (tertiary/aromatic N) is 3. The van der Waals surface area contributed by atoms with E-state index in [9.17, 15) is 14.0 Å². The van der Waals surface area contributed by atoms with E-state index >= 15 is 0 Å². The van der Waals surface area contributed by atoms with Crippen molar-refractivity contribution in [2.45, 2.75) is 38.8 Å². The Morgan fingerprint density at radius 2 is 1.79 bits per heavy atom. The van der Waals surface area contributed by atoms with Gasteiger partial charge >= 0.3 is 6.03 Å². The van der Waals surface area contributed by atoms with Gasteiger partial charge in [0.05, 0.1) is 11.6 Å². The van der Waals surface area contributed by atoms with Crippen molar-refractivity contribution in [2.75, 3.05) is 31.1 Å². The highest BCUT2D eigenvalue weighted by Crippen LogP contribution is 2.18. The van der Waals surface area contributed by atoms with E-state index in [-0.39, 0.29) is 18.3 Å². The van der Waals surface area contributed by atoms with Crippen molar-refractivity contribution >= 4 is 17.6 Å². The topological polar surface area (TPSA) is 88.5 Å². The second-order valence-electron chi connectivity index (χ2n) is 8.12. The molecular weight excluding hydrogens is 421 g/mol. The van der Waals surface area contributed by atoms with Crippen LogP contribution in [0.3, 0.4) is 0 Å². The van der Waals surface area contributed by atoms with Gasteiger partial charge in [0.25, 0.3) is 0 Å². The van der Waals surface area contributed by atoms with Crippen molar-refractivity contribution in [1.82, 2.24) is 15.5 Å². The summed E-state index contributed by atoms with van der Waals surface area (Å²) in [6.45, 7) is 4.94. The van der Waals surface area contributed by atoms with E-state index in [1.165, 1.54) is 12.1 Å². The van der Waals surface area contributed by atoms with Gasteiger partial charge < -0.3 is 20.4 Å². The third kappa shape index (κ3) is 6.94. The number of nitriles is 1.